The molecule has 5 heteroatoms. The zero-order valence-electron chi connectivity index (χ0n) is 11.3. The first-order chi connectivity index (χ1) is 9.63. The molecule has 0 spiro atoms. The van der Waals surface area contributed by atoms with Crippen molar-refractivity contribution in [3.63, 3.8) is 0 Å². The second kappa shape index (κ2) is 5.25. The molecule has 1 saturated carbocycles. The van der Waals surface area contributed by atoms with Crippen LogP contribution in [0, 0.1) is 0 Å². The lowest BCUT2D eigenvalue weighted by Gasteiger charge is -2.29. The van der Waals surface area contributed by atoms with E-state index in [-0.39, 0.29) is 5.91 Å². The number of nitrogens with one attached hydrogen (secondary N) is 1. The normalized spacial score (nSPS) is 18.4. The van der Waals surface area contributed by atoms with Crippen LogP contribution in [0.2, 0.25) is 0 Å². The van der Waals surface area contributed by atoms with Crippen molar-refractivity contribution in [3.05, 3.63) is 34.9 Å². The van der Waals surface area contributed by atoms with E-state index in [1.165, 1.54) is 0 Å². The van der Waals surface area contributed by atoms with Crippen LogP contribution in [0.15, 0.2) is 18.2 Å². The van der Waals surface area contributed by atoms with Crippen molar-refractivity contribution in [1.29, 1.82) is 0 Å². The summed E-state index contributed by atoms with van der Waals surface area (Å²) in [6.45, 7) is 1.77. The van der Waals surface area contributed by atoms with Gasteiger partial charge in [-0.15, -0.1) is 0 Å². The molecule has 1 aromatic carbocycles. The Bertz CT molecular complexity index is 552. The average molecular weight is 274 g/mol. The molecule has 20 heavy (non-hydrogen) atoms. The molecule has 1 heterocycles. The van der Waals surface area contributed by atoms with E-state index in [0.717, 1.165) is 30.5 Å². The van der Waals surface area contributed by atoms with Crippen molar-refractivity contribution in [1.82, 2.24) is 10.2 Å². The van der Waals surface area contributed by atoms with E-state index in [2.05, 4.69) is 10.2 Å². The number of carbonyl (C=O) groups excluding carboxylic acids is 1. The van der Waals surface area contributed by atoms with Gasteiger partial charge in [-0.25, -0.2) is 4.79 Å². The molecule has 1 aliphatic carbocycles. The Morgan fingerprint density at radius 2 is 2.15 bits per heavy atom. The van der Waals surface area contributed by atoms with Gasteiger partial charge in [0, 0.05) is 19.1 Å². The Kier molecular flexibility index (Phi) is 3.44. The van der Waals surface area contributed by atoms with Crippen molar-refractivity contribution in [2.75, 3.05) is 13.1 Å². The van der Waals surface area contributed by atoms with Gasteiger partial charge in [-0.1, -0.05) is 12.1 Å². The van der Waals surface area contributed by atoms with Crippen molar-refractivity contribution in [2.24, 2.45) is 0 Å². The first kappa shape index (κ1) is 13.1. The smallest absolute Gasteiger partial charge is 0.335 e. The quantitative estimate of drug-likeness (QED) is 0.860. The summed E-state index contributed by atoms with van der Waals surface area (Å²) >= 11 is 0. The Balaban J connectivity index is 1.67. The lowest BCUT2D eigenvalue weighted by Crippen LogP contribution is -2.40. The number of carbonyl (C=O) groups is 2. The van der Waals surface area contributed by atoms with Gasteiger partial charge in [-0.05, 0) is 36.5 Å². The summed E-state index contributed by atoms with van der Waals surface area (Å²) in [7, 11) is 0. The molecule has 106 valence electrons. The maximum atomic E-state index is 11.8. The van der Waals surface area contributed by atoms with E-state index in [0.29, 0.717) is 31.1 Å². The molecule has 1 aromatic rings. The highest BCUT2D eigenvalue weighted by atomic mass is 16.4. The summed E-state index contributed by atoms with van der Waals surface area (Å²) in [5, 5.41) is 12.2. The van der Waals surface area contributed by atoms with Crippen LogP contribution >= 0.6 is 0 Å². The topological polar surface area (TPSA) is 69.6 Å². The molecule has 0 bridgehead atoms. The number of carboxylic acid groups (broad SMARTS) is 1. The number of hydrogen-bond acceptors (Lipinski definition) is 3. The van der Waals surface area contributed by atoms with Crippen LogP contribution in [0.4, 0.5) is 0 Å². The summed E-state index contributed by atoms with van der Waals surface area (Å²) in [5.41, 5.74) is 2.33. The minimum atomic E-state index is -0.873. The largest absolute Gasteiger partial charge is 0.478 e. The van der Waals surface area contributed by atoms with Crippen LogP contribution in [0.1, 0.15) is 34.3 Å². The fourth-order valence-electron chi connectivity index (χ4n) is 2.71. The molecule has 0 radical (unpaired) electrons. The second-order valence-corrected chi connectivity index (χ2v) is 5.55. The van der Waals surface area contributed by atoms with Crippen LogP contribution in [0.5, 0.6) is 0 Å². The van der Waals surface area contributed by atoms with Crippen molar-refractivity contribution in [3.8, 4) is 0 Å². The lowest BCUT2D eigenvalue weighted by atomic mass is 9.94. The van der Waals surface area contributed by atoms with Gasteiger partial charge in [0.25, 0.3) is 0 Å². The molecular weight excluding hydrogens is 256 g/mol. The SMILES string of the molecule is O=C(CN1CCc2c(cccc2C(=O)O)C1)NC1CC1. The third-order valence-electron chi connectivity index (χ3n) is 3.89. The third-order valence-corrected chi connectivity index (χ3v) is 3.89. The molecule has 0 saturated heterocycles. The number of fused-ring (bicyclic) bond motifs is 1. The molecule has 0 atom stereocenters. The molecule has 2 N–H and O–H groups in total. The van der Waals surface area contributed by atoms with Crippen LogP contribution in [-0.2, 0) is 17.8 Å². The Morgan fingerprint density at radius 3 is 2.85 bits per heavy atom. The van der Waals surface area contributed by atoms with Gasteiger partial charge in [0.2, 0.25) is 5.91 Å². The highest BCUT2D eigenvalue weighted by Crippen LogP contribution is 2.23. The van der Waals surface area contributed by atoms with Crippen molar-refractivity contribution < 1.29 is 14.7 Å². The molecule has 0 aromatic heterocycles. The maximum absolute atomic E-state index is 11.8. The van der Waals surface area contributed by atoms with Crippen LogP contribution in [0.25, 0.3) is 0 Å². The molecule has 1 fully saturated rings. The van der Waals surface area contributed by atoms with Crippen LogP contribution < -0.4 is 5.32 Å². The van der Waals surface area contributed by atoms with E-state index >= 15 is 0 Å². The van der Waals surface area contributed by atoms with Crippen molar-refractivity contribution >= 4 is 11.9 Å². The number of carboxylic acids is 1. The van der Waals surface area contributed by atoms with E-state index < -0.39 is 5.97 Å². The highest BCUT2D eigenvalue weighted by Gasteiger charge is 2.26. The number of benzene rings is 1. The summed E-state index contributed by atoms with van der Waals surface area (Å²) in [5.74, 6) is -0.799. The van der Waals surface area contributed by atoms with E-state index in [9.17, 15) is 14.7 Å². The molecule has 5 nitrogen and oxygen atoms in total. The van der Waals surface area contributed by atoms with Gasteiger partial charge >= 0.3 is 5.97 Å². The fraction of sp³-hybridized carbons (Fsp3) is 0.467. The molecule has 1 amide bonds. The van der Waals surface area contributed by atoms with Crippen LogP contribution in [0.3, 0.4) is 0 Å². The molecular formula is C15H18N2O3. The fourth-order valence-corrected chi connectivity index (χ4v) is 2.71. The molecule has 1 aliphatic heterocycles. The van der Waals surface area contributed by atoms with Gasteiger partial charge in [-0.3, -0.25) is 9.69 Å². The number of aromatic carboxylic acids is 1. The van der Waals surface area contributed by atoms with Gasteiger partial charge in [0.15, 0.2) is 0 Å². The van der Waals surface area contributed by atoms with Crippen LogP contribution in [-0.4, -0.2) is 41.0 Å². The minimum absolute atomic E-state index is 0.0744. The summed E-state index contributed by atoms with van der Waals surface area (Å²) in [6, 6.07) is 5.76. The van der Waals surface area contributed by atoms with E-state index in [1.807, 2.05) is 6.07 Å². The zero-order valence-corrected chi connectivity index (χ0v) is 11.3. The van der Waals surface area contributed by atoms with Gasteiger partial charge in [-0.2, -0.15) is 0 Å². The number of hydrogen-bond donors (Lipinski definition) is 2. The number of rotatable bonds is 4. The minimum Gasteiger partial charge on any atom is -0.478 e. The number of amides is 1. The van der Waals surface area contributed by atoms with E-state index in [1.54, 1.807) is 12.1 Å². The standard InChI is InChI=1S/C15H18N2O3/c18-14(16-11-4-5-11)9-17-7-6-12-10(8-17)2-1-3-13(12)15(19)20/h1-3,11H,4-9H2,(H,16,18)(H,19,20). The predicted octanol–water partition coefficient (Wildman–Crippen LogP) is 1.02. The first-order valence-corrected chi connectivity index (χ1v) is 6.99. The number of nitrogens with zero attached hydrogens (tertiary/aromatic N) is 1. The Morgan fingerprint density at radius 1 is 1.35 bits per heavy atom. The highest BCUT2D eigenvalue weighted by molar-refractivity contribution is 5.90. The predicted molar refractivity (Wildman–Crippen MR) is 73.5 cm³/mol. The maximum Gasteiger partial charge on any atom is 0.335 e. The van der Waals surface area contributed by atoms with E-state index in [4.69, 9.17) is 0 Å². The van der Waals surface area contributed by atoms with Gasteiger partial charge < -0.3 is 10.4 Å². The van der Waals surface area contributed by atoms with Crippen molar-refractivity contribution in [2.45, 2.75) is 31.8 Å². The first-order valence-electron chi connectivity index (χ1n) is 6.99. The monoisotopic (exact) mass is 274 g/mol. The molecule has 2 aliphatic rings. The summed E-state index contributed by atoms with van der Waals surface area (Å²) in [4.78, 5) is 25.1. The summed E-state index contributed by atoms with van der Waals surface area (Å²) in [6.07, 6.45) is 2.88. The second-order valence-electron chi connectivity index (χ2n) is 5.55. The lowest BCUT2D eigenvalue weighted by molar-refractivity contribution is -0.122. The third kappa shape index (κ3) is 2.82. The summed E-state index contributed by atoms with van der Waals surface area (Å²) < 4.78 is 0. The molecule has 0 unspecified atom stereocenters. The Hall–Kier alpha value is -1.88. The zero-order chi connectivity index (χ0) is 14.1. The van der Waals surface area contributed by atoms with Gasteiger partial charge in [0.1, 0.15) is 0 Å². The van der Waals surface area contributed by atoms with Gasteiger partial charge in [0.05, 0.1) is 12.1 Å². The Labute approximate surface area is 117 Å². The average Bonchev–Trinajstić information content (AvgIpc) is 3.21. The molecule has 3 rings (SSSR count).